The number of aryl methyl sites for hydroxylation is 2. The summed E-state index contributed by atoms with van der Waals surface area (Å²) in [5.41, 5.74) is 3.51. The highest BCUT2D eigenvalue weighted by Crippen LogP contribution is 2.43. The van der Waals surface area contributed by atoms with E-state index in [0.29, 0.717) is 17.0 Å². The van der Waals surface area contributed by atoms with E-state index in [1.165, 1.54) is 4.90 Å². The number of methoxy groups -OCH3 is 1. The van der Waals surface area contributed by atoms with Crippen LogP contribution in [0.2, 0.25) is 0 Å². The molecule has 3 rings (SSSR count). The molecule has 1 aliphatic rings. The molecular weight excluding hydrogens is 366 g/mol. The lowest BCUT2D eigenvalue weighted by atomic mass is 9.91. The van der Waals surface area contributed by atoms with Gasteiger partial charge in [-0.15, -0.1) is 0 Å². The minimum Gasteiger partial charge on any atom is -0.503 e. The smallest absolute Gasteiger partial charge is 0.294 e. The topological polar surface area (TPSA) is 66.8 Å². The molecule has 0 radical (unpaired) electrons. The van der Waals surface area contributed by atoms with Crippen LogP contribution in [0.1, 0.15) is 43.0 Å². The van der Waals surface area contributed by atoms with Crippen LogP contribution in [0.5, 0.6) is 5.75 Å². The van der Waals surface area contributed by atoms with Crippen LogP contribution in [0, 0.1) is 19.8 Å². The van der Waals surface area contributed by atoms with Crippen LogP contribution in [-0.4, -0.2) is 23.9 Å². The Bertz CT molecular complexity index is 990. The Morgan fingerprint density at radius 1 is 1.17 bits per heavy atom. The number of ether oxygens (including phenoxy) is 1. The molecule has 5 nitrogen and oxygen atoms in total. The summed E-state index contributed by atoms with van der Waals surface area (Å²) in [7, 11) is 1.57. The monoisotopic (exact) mass is 393 g/mol. The van der Waals surface area contributed by atoms with Crippen LogP contribution in [0.3, 0.4) is 0 Å². The van der Waals surface area contributed by atoms with Gasteiger partial charge in [-0.2, -0.15) is 0 Å². The fourth-order valence-corrected chi connectivity index (χ4v) is 3.82. The molecule has 1 heterocycles. The number of ketones is 1. The van der Waals surface area contributed by atoms with E-state index in [-0.39, 0.29) is 23.7 Å². The van der Waals surface area contributed by atoms with Gasteiger partial charge in [0.25, 0.3) is 5.91 Å². The summed E-state index contributed by atoms with van der Waals surface area (Å²) in [4.78, 5) is 27.7. The van der Waals surface area contributed by atoms with Crippen LogP contribution < -0.4 is 9.64 Å². The normalized spacial score (nSPS) is 16.7. The Balaban J connectivity index is 2.19. The number of hydrogen-bond acceptors (Lipinski definition) is 4. The first-order valence-electron chi connectivity index (χ1n) is 9.75. The van der Waals surface area contributed by atoms with Gasteiger partial charge < -0.3 is 9.84 Å². The fourth-order valence-electron chi connectivity index (χ4n) is 3.82. The predicted molar refractivity (Wildman–Crippen MR) is 113 cm³/mol. The lowest BCUT2D eigenvalue weighted by Gasteiger charge is -2.28. The zero-order valence-corrected chi connectivity index (χ0v) is 17.5. The quantitative estimate of drug-likeness (QED) is 0.763. The van der Waals surface area contributed by atoms with Crippen molar-refractivity contribution in [2.75, 3.05) is 12.0 Å². The maximum atomic E-state index is 13.1. The molecule has 0 saturated carbocycles. The van der Waals surface area contributed by atoms with Crippen molar-refractivity contribution in [3.8, 4) is 5.75 Å². The molecular formula is C24H27NO4. The van der Waals surface area contributed by atoms with Crippen molar-refractivity contribution in [1.82, 2.24) is 0 Å². The lowest BCUT2D eigenvalue weighted by molar-refractivity contribution is -0.118. The van der Waals surface area contributed by atoms with E-state index in [9.17, 15) is 14.7 Å². The van der Waals surface area contributed by atoms with Gasteiger partial charge in [0.05, 0.1) is 18.7 Å². The summed E-state index contributed by atoms with van der Waals surface area (Å²) in [6, 6.07) is 12.3. The van der Waals surface area contributed by atoms with E-state index < -0.39 is 17.7 Å². The molecule has 0 fully saturated rings. The maximum Gasteiger partial charge on any atom is 0.294 e. The molecule has 1 aliphatic heterocycles. The van der Waals surface area contributed by atoms with Crippen molar-refractivity contribution in [2.45, 2.75) is 40.2 Å². The Morgan fingerprint density at radius 2 is 1.90 bits per heavy atom. The van der Waals surface area contributed by atoms with Gasteiger partial charge in [0.2, 0.25) is 0 Å². The van der Waals surface area contributed by atoms with Crippen molar-refractivity contribution in [1.29, 1.82) is 0 Å². The molecule has 0 aromatic heterocycles. The van der Waals surface area contributed by atoms with Gasteiger partial charge in [-0.25, -0.2) is 0 Å². The number of aliphatic hydroxyl groups is 1. The minimum absolute atomic E-state index is 0.110. The van der Waals surface area contributed by atoms with Gasteiger partial charge in [-0.3, -0.25) is 14.5 Å². The Labute approximate surface area is 171 Å². The number of hydrogen-bond donors (Lipinski definition) is 1. The Hall–Kier alpha value is -3.08. The first-order valence-corrected chi connectivity index (χ1v) is 9.75. The average Bonchev–Trinajstić information content (AvgIpc) is 2.93. The zero-order chi connectivity index (χ0) is 21.3. The molecule has 5 heteroatoms. The molecule has 29 heavy (non-hydrogen) atoms. The number of nitrogens with zero attached hydrogens (tertiary/aromatic N) is 1. The van der Waals surface area contributed by atoms with Crippen molar-refractivity contribution in [3.63, 3.8) is 0 Å². The fraction of sp³-hybridized carbons (Fsp3) is 0.333. The third-order valence-electron chi connectivity index (χ3n) is 5.12. The maximum absolute atomic E-state index is 13.1. The second kappa shape index (κ2) is 8.11. The summed E-state index contributed by atoms with van der Waals surface area (Å²) < 4.78 is 5.34. The van der Waals surface area contributed by atoms with Crippen molar-refractivity contribution >= 4 is 17.4 Å². The third-order valence-corrected chi connectivity index (χ3v) is 5.12. The standard InChI is InChI=1S/C24H27NO4/c1-14(2)11-20(26)21-22(17-7-6-8-18(13-17)29-5)25(24(28)23(21)27)19-10-9-15(3)12-16(19)4/h6-10,12-14,22,27H,11H2,1-5H3. The molecule has 0 saturated heterocycles. The molecule has 152 valence electrons. The van der Waals surface area contributed by atoms with Gasteiger partial charge in [-0.05, 0) is 49.1 Å². The van der Waals surface area contributed by atoms with Gasteiger partial charge >= 0.3 is 0 Å². The lowest BCUT2D eigenvalue weighted by Crippen LogP contribution is -2.31. The predicted octanol–water partition coefficient (Wildman–Crippen LogP) is 4.83. The summed E-state index contributed by atoms with van der Waals surface area (Å²) >= 11 is 0. The molecule has 0 spiro atoms. The number of carbonyl (C=O) groups excluding carboxylic acids is 2. The molecule has 2 aromatic rings. The van der Waals surface area contributed by atoms with Gasteiger partial charge in [0.1, 0.15) is 5.75 Å². The number of Topliss-reactive ketones (excluding diaryl/α,β-unsaturated/α-hetero) is 1. The van der Waals surface area contributed by atoms with Crippen LogP contribution in [0.15, 0.2) is 53.8 Å². The van der Waals surface area contributed by atoms with E-state index in [1.807, 2.05) is 58.0 Å². The second-order valence-corrected chi connectivity index (χ2v) is 7.93. The SMILES string of the molecule is COc1cccc(C2C(C(=O)CC(C)C)=C(O)C(=O)N2c2ccc(C)cc2C)c1. The second-order valence-electron chi connectivity index (χ2n) is 7.93. The average molecular weight is 393 g/mol. The summed E-state index contributed by atoms with van der Waals surface area (Å²) in [5, 5.41) is 10.7. The van der Waals surface area contributed by atoms with Crippen molar-refractivity contribution < 1.29 is 19.4 Å². The van der Waals surface area contributed by atoms with Crippen molar-refractivity contribution in [3.05, 3.63) is 70.5 Å². The van der Waals surface area contributed by atoms with Crippen LogP contribution in [-0.2, 0) is 9.59 Å². The van der Waals surface area contributed by atoms with E-state index in [4.69, 9.17) is 4.74 Å². The third kappa shape index (κ3) is 3.90. The summed E-state index contributed by atoms with van der Waals surface area (Å²) in [6.45, 7) is 7.78. The van der Waals surface area contributed by atoms with E-state index in [2.05, 4.69) is 0 Å². The minimum atomic E-state index is -0.703. The number of amides is 1. The zero-order valence-electron chi connectivity index (χ0n) is 17.5. The van der Waals surface area contributed by atoms with E-state index in [0.717, 1.165) is 11.1 Å². The van der Waals surface area contributed by atoms with Gasteiger partial charge in [-0.1, -0.05) is 43.7 Å². The number of aliphatic hydroxyl groups excluding tert-OH is 1. The summed E-state index contributed by atoms with van der Waals surface area (Å²) in [5.74, 6) is -0.511. The van der Waals surface area contributed by atoms with Gasteiger partial charge in [0, 0.05) is 12.1 Å². The first kappa shape index (κ1) is 20.6. The highest BCUT2D eigenvalue weighted by molar-refractivity contribution is 6.16. The molecule has 1 amide bonds. The number of carbonyl (C=O) groups is 2. The van der Waals surface area contributed by atoms with E-state index >= 15 is 0 Å². The first-order chi connectivity index (χ1) is 13.7. The molecule has 0 bridgehead atoms. The largest absolute Gasteiger partial charge is 0.503 e. The van der Waals surface area contributed by atoms with Crippen LogP contribution in [0.25, 0.3) is 0 Å². The van der Waals surface area contributed by atoms with Crippen LogP contribution >= 0.6 is 0 Å². The van der Waals surface area contributed by atoms with E-state index in [1.54, 1.807) is 19.2 Å². The molecule has 1 N–H and O–H groups in total. The number of anilines is 1. The molecule has 1 atom stereocenters. The summed E-state index contributed by atoms with van der Waals surface area (Å²) in [6.07, 6.45) is 0.258. The highest BCUT2D eigenvalue weighted by atomic mass is 16.5. The molecule has 2 aromatic carbocycles. The van der Waals surface area contributed by atoms with Gasteiger partial charge in [0.15, 0.2) is 11.5 Å². The molecule has 1 unspecified atom stereocenters. The van der Waals surface area contributed by atoms with Crippen molar-refractivity contribution in [2.24, 2.45) is 5.92 Å². The Morgan fingerprint density at radius 3 is 2.52 bits per heavy atom. The Kier molecular flexibility index (Phi) is 5.78. The number of benzene rings is 2. The molecule has 0 aliphatic carbocycles. The number of rotatable bonds is 6. The highest BCUT2D eigenvalue weighted by Gasteiger charge is 2.44. The van der Waals surface area contributed by atoms with Crippen LogP contribution in [0.4, 0.5) is 5.69 Å².